The van der Waals surface area contributed by atoms with Crippen LogP contribution in [0.1, 0.15) is 35.4 Å². The number of anilines is 1. The first-order chi connectivity index (χ1) is 12.2. The maximum Gasteiger partial charge on any atom is 0.223 e. The summed E-state index contributed by atoms with van der Waals surface area (Å²) in [6.07, 6.45) is 2.91. The number of hydrogen-bond donors (Lipinski definition) is 0. The second-order valence-corrected chi connectivity index (χ2v) is 7.35. The minimum Gasteiger partial charge on any atom is -0.368 e. The van der Waals surface area contributed by atoms with Gasteiger partial charge in [-0.1, -0.05) is 36.4 Å². The summed E-state index contributed by atoms with van der Waals surface area (Å²) in [5.74, 6) is 0.740. The van der Waals surface area contributed by atoms with Crippen LogP contribution in [0.25, 0.3) is 0 Å². The molecule has 1 amide bonds. The molecule has 3 heteroatoms. The zero-order valence-corrected chi connectivity index (χ0v) is 14.9. The van der Waals surface area contributed by atoms with E-state index in [9.17, 15) is 4.79 Å². The molecule has 1 aliphatic heterocycles. The lowest BCUT2D eigenvalue weighted by Gasteiger charge is -2.36. The van der Waals surface area contributed by atoms with Gasteiger partial charge in [0.15, 0.2) is 0 Å². The van der Waals surface area contributed by atoms with E-state index in [-0.39, 0.29) is 0 Å². The van der Waals surface area contributed by atoms with E-state index in [2.05, 4.69) is 65.3 Å². The van der Waals surface area contributed by atoms with Crippen molar-refractivity contribution in [3.8, 4) is 0 Å². The Kier molecular flexibility index (Phi) is 4.48. The van der Waals surface area contributed by atoms with E-state index in [1.54, 1.807) is 0 Å². The molecule has 0 spiro atoms. The van der Waals surface area contributed by atoms with Crippen LogP contribution in [0.4, 0.5) is 5.69 Å². The number of amides is 1. The summed E-state index contributed by atoms with van der Waals surface area (Å²) < 4.78 is 0. The number of piperazine rings is 1. The van der Waals surface area contributed by atoms with Gasteiger partial charge < -0.3 is 9.80 Å². The lowest BCUT2D eigenvalue weighted by Crippen LogP contribution is -2.49. The molecule has 2 aliphatic rings. The molecule has 1 saturated heterocycles. The molecule has 2 aromatic carbocycles. The third kappa shape index (κ3) is 3.41. The largest absolute Gasteiger partial charge is 0.368 e. The van der Waals surface area contributed by atoms with Crippen LogP contribution in [0.3, 0.4) is 0 Å². The quantitative estimate of drug-likeness (QED) is 0.853. The highest BCUT2D eigenvalue weighted by Gasteiger charge is 2.28. The van der Waals surface area contributed by atoms with Crippen LogP contribution < -0.4 is 4.90 Å². The molecule has 0 aromatic heterocycles. The molecule has 25 heavy (non-hydrogen) atoms. The molecule has 0 radical (unpaired) electrons. The van der Waals surface area contributed by atoms with Gasteiger partial charge in [0.2, 0.25) is 5.91 Å². The molecule has 1 unspecified atom stereocenters. The molecular formula is C22H26N2O. The number of hydrogen-bond acceptors (Lipinski definition) is 2. The van der Waals surface area contributed by atoms with Gasteiger partial charge in [-0.2, -0.15) is 0 Å². The fourth-order valence-corrected chi connectivity index (χ4v) is 4.24. The standard InChI is InChI=1S/C22H26N2O/c1-17-5-4-7-20(15-17)23-11-13-24(14-12-23)22(25)16-19-10-9-18-6-2-3-8-21(18)19/h2-8,15,19H,9-14,16H2,1H3. The molecule has 1 heterocycles. The van der Waals surface area contributed by atoms with Crippen LogP contribution in [0, 0.1) is 6.92 Å². The predicted molar refractivity (Wildman–Crippen MR) is 102 cm³/mol. The fraction of sp³-hybridized carbons (Fsp3) is 0.409. The van der Waals surface area contributed by atoms with Crippen molar-refractivity contribution in [3.05, 3.63) is 65.2 Å². The Hall–Kier alpha value is -2.29. The van der Waals surface area contributed by atoms with Gasteiger partial charge in [0.05, 0.1) is 0 Å². The Bertz CT molecular complexity index is 762. The topological polar surface area (TPSA) is 23.6 Å². The molecule has 4 rings (SSSR count). The minimum absolute atomic E-state index is 0.325. The van der Waals surface area contributed by atoms with Crippen molar-refractivity contribution >= 4 is 11.6 Å². The molecule has 0 N–H and O–H groups in total. The van der Waals surface area contributed by atoms with Gasteiger partial charge in [-0.15, -0.1) is 0 Å². The van der Waals surface area contributed by atoms with E-state index in [0.29, 0.717) is 18.2 Å². The Labute approximate surface area is 150 Å². The van der Waals surface area contributed by atoms with Crippen molar-refractivity contribution in [1.29, 1.82) is 0 Å². The highest BCUT2D eigenvalue weighted by Crippen LogP contribution is 2.35. The Morgan fingerprint density at radius 3 is 2.64 bits per heavy atom. The number of carbonyl (C=O) groups excluding carboxylic acids is 1. The van der Waals surface area contributed by atoms with Crippen molar-refractivity contribution in [2.24, 2.45) is 0 Å². The second-order valence-electron chi connectivity index (χ2n) is 7.35. The Morgan fingerprint density at radius 2 is 1.84 bits per heavy atom. The first-order valence-electron chi connectivity index (χ1n) is 9.38. The molecule has 3 nitrogen and oxygen atoms in total. The zero-order chi connectivity index (χ0) is 17.2. The van der Waals surface area contributed by atoms with E-state index < -0.39 is 0 Å². The van der Waals surface area contributed by atoms with E-state index in [1.165, 1.54) is 22.4 Å². The number of nitrogens with zero attached hydrogens (tertiary/aromatic N) is 2. The normalized spacial score (nSPS) is 19.8. The van der Waals surface area contributed by atoms with Crippen LogP contribution in [-0.4, -0.2) is 37.0 Å². The van der Waals surface area contributed by atoms with Crippen molar-refractivity contribution in [3.63, 3.8) is 0 Å². The zero-order valence-electron chi connectivity index (χ0n) is 14.9. The Balaban J connectivity index is 1.34. The third-order valence-electron chi connectivity index (χ3n) is 5.68. The summed E-state index contributed by atoms with van der Waals surface area (Å²) >= 11 is 0. The van der Waals surface area contributed by atoms with Crippen LogP contribution in [0.5, 0.6) is 0 Å². The lowest BCUT2D eigenvalue weighted by atomic mass is 9.97. The highest BCUT2D eigenvalue weighted by atomic mass is 16.2. The predicted octanol–water partition coefficient (Wildman–Crippen LogP) is 3.76. The lowest BCUT2D eigenvalue weighted by molar-refractivity contribution is -0.131. The first kappa shape index (κ1) is 16.2. The maximum atomic E-state index is 12.8. The molecular weight excluding hydrogens is 308 g/mol. The van der Waals surface area contributed by atoms with Gasteiger partial charge in [-0.05, 0) is 54.5 Å². The molecule has 130 valence electrons. The summed E-state index contributed by atoms with van der Waals surface area (Å²) in [6, 6.07) is 17.3. The SMILES string of the molecule is Cc1cccc(N2CCN(C(=O)CC3CCc4ccccc43)CC2)c1. The molecule has 2 aromatic rings. The third-order valence-corrected chi connectivity index (χ3v) is 5.68. The van der Waals surface area contributed by atoms with Gasteiger partial charge in [0.1, 0.15) is 0 Å². The fourth-order valence-electron chi connectivity index (χ4n) is 4.24. The van der Waals surface area contributed by atoms with Gasteiger partial charge >= 0.3 is 0 Å². The molecule has 1 atom stereocenters. The van der Waals surface area contributed by atoms with Crippen LogP contribution >= 0.6 is 0 Å². The van der Waals surface area contributed by atoms with E-state index in [0.717, 1.165) is 39.0 Å². The van der Waals surface area contributed by atoms with E-state index in [4.69, 9.17) is 0 Å². The van der Waals surface area contributed by atoms with Crippen LogP contribution in [0.2, 0.25) is 0 Å². The maximum absolute atomic E-state index is 12.8. The smallest absolute Gasteiger partial charge is 0.223 e. The van der Waals surface area contributed by atoms with Crippen LogP contribution in [-0.2, 0) is 11.2 Å². The molecule has 1 fully saturated rings. The summed E-state index contributed by atoms with van der Waals surface area (Å²) in [7, 11) is 0. The summed E-state index contributed by atoms with van der Waals surface area (Å²) in [5.41, 5.74) is 5.39. The highest BCUT2D eigenvalue weighted by molar-refractivity contribution is 5.77. The average Bonchev–Trinajstić information content (AvgIpc) is 3.05. The molecule has 1 aliphatic carbocycles. The molecule has 0 saturated carbocycles. The number of rotatable bonds is 3. The van der Waals surface area contributed by atoms with Crippen molar-refractivity contribution in [2.45, 2.75) is 32.1 Å². The first-order valence-corrected chi connectivity index (χ1v) is 9.38. The van der Waals surface area contributed by atoms with Crippen molar-refractivity contribution in [1.82, 2.24) is 4.90 Å². The van der Waals surface area contributed by atoms with E-state index in [1.807, 2.05) is 0 Å². The number of aryl methyl sites for hydroxylation is 2. The summed E-state index contributed by atoms with van der Waals surface area (Å²) in [4.78, 5) is 17.2. The summed E-state index contributed by atoms with van der Waals surface area (Å²) in [6.45, 7) is 5.65. The van der Waals surface area contributed by atoms with Crippen molar-refractivity contribution < 1.29 is 4.79 Å². The summed E-state index contributed by atoms with van der Waals surface area (Å²) in [5, 5.41) is 0. The van der Waals surface area contributed by atoms with Gasteiger partial charge in [-0.3, -0.25) is 4.79 Å². The van der Waals surface area contributed by atoms with Gasteiger partial charge in [0, 0.05) is 38.3 Å². The van der Waals surface area contributed by atoms with Gasteiger partial charge in [0.25, 0.3) is 0 Å². The van der Waals surface area contributed by atoms with Gasteiger partial charge in [-0.25, -0.2) is 0 Å². The number of carbonyl (C=O) groups is 1. The van der Waals surface area contributed by atoms with Crippen molar-refractivity contribution in [2.75, 3.05) is 31.1 Å². The second kappa shape index (κ2) is 6.91. The Morgan fingerprint density at radius 1 is 1.04 bits per heavy atom. The van der Waals surface area contributed by atoms with E-state index >= 15 is 0 Å². The average molecular weight is 334 g/mol. The minimum atomic E-state index is 0.325. The monoisotopic (exact) mass is 334 g/mol. The number of benzene rings is 2. The molecule has 0 bridgehead atoms. The number of fused-ring (bicyclic) bond motifs is 1. The van der Waals surface area contributed by atoms with Crippen LogP contribution in [0.15, 0.2) is 48.5 Å².